The lowest BCUT2D eigenvalue weighted by Crippen LogP contribution is -3.61. The molecule has 0 aliphatic carbocycles. The molecule has 0 aliphatic heterocycles. The van der Waals surface area contributed by atoms with Crippen LogP contribution in [-0.4, -0.2) is 13.9 Å². The lowest BCUT2D eigenvalue weighted by atomic mass is 10.3. The summed E-state index contributed by atoms with van der Waals surface area (Å²) in [6.45, 7) is 0. The Labute approximate surface area is 140 Å². The maximum absolute atomic E-state index is 12.4. The van der Waals surface area contributed by atoms with Crippen molar-refractivity contribution in [1.82, 2.24) is 0 Å². The number of alkyl halides is 3. The van der Waals surface area contributed by atoms with Gasteiger partial charge in [-0.15, -0.1) is 0 Å². The van der Waals surface area contributed by atoms with E-state index < -0.39 is 36.8 Å². The molecule has 0 saturated heterocycles. The highest BCUT2D eigenvalue weighted by molar-refractivity contribution is 7.87. The van der Waals surface area contributed by atoms with Crippen molar-refractivity contribution in [2.45, 2.75) is 5.51 Å². The Hall–Kier alpha value is -1.00. The Kier molecular flexibility index (Phi) is 5.23. The zero-order valence-corrected chi connectivity index (χ0v) is 14.4. The molecular formula is C13H8ClF3IO3S+. The standard InChI is InChI=1S/C13H8ClF3IO3S/c14-9-5-7-10(8-6-9)18-11-3-1-2-4-12(11)21-22(19,20)13(15,16)17/h1-8H/q+1. The van der Waals surface area contributed by atoms with Gasteiger partial charge in [-0.3, -0.25) is 0 Å². The largest absolute Gasteiger partial charge is 0.534 e. The second-order valence-corrected chi connectivity index (χ2v) is 8.87. The first-order valence-corrected chi connectivity index (χ1v) is 9.63. The molecule has 0 saturated carbocycles. The summed E-state index contributed by atoms with van der Waals surface area (Å²) < 4.78 is 65.0. The van der Waals surface area contributed by atoms with Gasteiger partial charge in [0.1, 0.15) is 0 Å². The third-order valence-corrected chi connectivity index (χ3v) is 6.37. The van der Waals surface area contributed by atoms with Crippen LogP contribution in [0, 0.1) is 7.14 Å². The second kappa shape index (κ2) is 6.63. The molecule has 118 valence electrons. The summed E-state index contributed by atoms with van der Waals surface area (Å²) in [6, 6.07) is 12.6. The zero-order chi connectivity index (χ0) is 16.4. The first kappa shape index (κ1) is 17.4. The zero-order valence-electron chi connectivity index (χ0n) is 10.6. The summed E-state index contributed by atoms with van der Waals surface area (Å²) in [6.07, 6.45) is 0. The predicted octanol–water partition coefficient (Wildman–Crippen LogP) is 0.697. The minimum atomic E-state index is -5.68. The molecule has 0 aliphatic rings. The van der Waals surface area contributed by atoms with Gasteiger partial charge < -0.3 is 4.18 Å². The summed E-state index contributed by atoms with van der Waals surface area (Å²) in [7, 11) is -5.68. The van der Waals surface area contributed by atoms with Gasteiger partial charge in [0.25, 0.3) is 0 Å². The van der Waals surface area contributed by atoms with Crippen LogP contribution in [0.1, 0.15) is 0 Å². The van der Waals surface area contributed by atoms with Crippen LogP contribution in [0.15, 0.2) is 48.5 Å². The van der Waals surface area contributed by atoms with Crippen LogP contribution in [0.4, 0.5) is 13.2 Å². The van der Waals surface area contributed by atoms with Crippen LogP contribution >= 0.6 is 11.6 Å². The quantitative estimate of drug-likeness (QED) is 0.381. The van der Waals surface area contributed by atoms with Crippen LogP contribution in [-0.2, 0) is 10.1 Å². The Morgan fingerprint density at radius 1 is 1.00 bits per heavy atom. The normalized spacial score (nSPS) is 12.2. The van der Waals surface area contributed by atoms with Crippen LogP contribution in [0.3, 0.4) is 0 Å². The Bertz CT molecular complexity index is 761. The molecular weight excluding hydrogens is 456 g/mol. The Morgan fingerprint density at radius 2 is 1.59 bits per heavy atom. The van der Waals surface area contributed by atoms with E-state index in [1.54, 1.807) is 36.4 Å². The molecule has 0 radical (unpaired) electrons. The molecule has 2 aromatic rings. The highest BCUT2D eigenvalue weighted by atomic mass is 127. The number of para-hydroxylation sites is 1. The summed E-state index contributed by atoms with van der Waals surface area (Å²) in [4.78, 5) is 0. The molecule has 3 nitrogen and oxygen atoms in total. The van der Waals surface area contributed by atoms with Gasteiger partial charge in [0.2, 0.25) is 3.57 Å². The molecule has 0 aromatic heterocycles. The molecule has 0 bridgehead atoms. The van der Waals surface area contributed by atoms with Gasteiger partial charge in [0, 0.05) is 5.02 Å². The fraction of sp³-hybridized carbons (Fsp3) is 0.0769. The number of hydrogen-bond acceptors (Lipinski definition) is 3. The number of hydrogen-bond donors (Lipinski definition) is 0. The van der Waals surface area contributed by atoms with E-state index in [1.165, 1.54) is 12.1 Å². The third-order valence-electron chi connectivity index (χ3n) is 2.33. The van der Waals surface area contributed by atoms with Gasteiger partial charge >= 0.3 is 36.8 Å². The lowest BCUT2D eigenvalue weighted by Gasteiger charge is -2.08. The van der Waals surface area contributed by atoms with Crippen molar-refractivity contribution in [1.29, 1.82) is 0 Å². The van der Waals surface area contributed by atoms with Crippen LogP contribution < -0.4 is 25.4 Å². The Morgan fingerprint density at radius 3 is 2.18 bits per heavy atom. The van der Waals surface area contributed by atoms with Crippen LogP contribution in [0.25, 0.3) is 0 Å². The minimum absolute atomic E-state index is 0.303. The van der Waals surface area contributed by atoms with Crippen molar-refractivity contribution in [2.75, 3.05) is 0 Å². The van der Waals surface area contributed by atoms with Gasteiger partial charge in [-0.2, -0.15) is 21.6 Å². The molecule has 22 heavy (non-hydrogen) atoms. The summed E-state index contributed by atoms with van der Waals surface area (Å²) in [5.41, 5.74) is -5.46. The SMILES string of the molecule is O=S(=O)(Oc1ccccc1[I+]c1ccc(Cl)cc1)C(F)(F)F. The summed E-state index contributed by atoms with van der Waals surface area (Å²) >= 11 is 4.85. The van der Waals surface area contributed by atoms with Gasteiger partial charge in [-0.25, -0.2) is 0 Å². The van der Waals surface area contributed by atoms with Crippen molar-refractivity contribution >= 4 is 21.7 Å². The first-order chi connectivity index (χ1) is 10.2. The number of benzene rings is 2. The molecule has 0 fully saturated rings. The highest BCUT2D eigenvalue weighted by Crippen LogP contribution is 2.26. The van der Waals surface area contributed by atoms with Crippen LogP contribution in [0.5, 0.6) is 5.75 Å². The van der Waals surface area contributed by atoms with Crippen molar-refractivity contribution in [3.63, 3.8) is 0 Å². The van der Waals surface area contributed by atoms with Gasteiger partial charge in [-0.05, 0) is 36.4 Å². The van der Waals surface area contributed by atoms with E-state index in [0.29, 0.717) is 8.59 Å². The smallest absolute Gasteiger partial charge is 0.371 e. The molecule has 0 N–H and O–H groups in total. The molecule has 0 heterocycles. The Balaban J connectivity index is 2.29. The van der Waals surface area contributed by atoms with Gasteiger partial charge in [0.05, 0.1) is 0 Å². The molecule has 9 heteroatoms. The van der Waals surface area contributed by atoms with E-state index >= 15 is 0 Å². The van der Waals surface area contributed by atoms with Crippen molar-refractivity contribution in [3.05, 3.63) is 60.7 Å². The first-order valence-electron chi connectivity index (χ1n) is 5.69. The summed E-state index contributed by atoms with van der Waals surface area (Å²) in [5.74, 6) is -0.303. The van der Waals surface area contributed by atoms with Crippen molar-refractivity contribution < 1.29 is 47.0 Å². The fourth-order valence-electron chi connectivity index (χ4n) is 1.37. The van der Waals surface area contributed by atoms with E-state index in [2.05, 4.69) is 4.18 Å². The number of halogens is 5. The third kappa shape index (κ3) is 4.26. The molecule has 0 spiro atoms. The average Bonchev–Trinajstić information content (AvgIpc) is 2.42. The number of rotatable bonds is 4. The second-order valence-electron chi connectivity index (χ2n) is 3.94. The fourth-order valence-corrected chi connectivity index (χ4v) is 4.45. The maximum atomic E-state index is 12.4. The molecule has 0 atom stereocenters. The van der Waals surface area contributed by atoms with E-state index in [9.17, 15) is 21.6 Å². The predicted molar refractivity (Wildman–Crippen MR) is 70.9 cm³/mol. The van der Waals surface area contributed by atoms with E-state index in [4.69, 9.17) is 11.6 Å². The molecule has 2 rings (SSSR count). The topological polar surface area (TPSA) is 43.4 Å². The van der Waals surface area contributed by atoms with E-state index in [-0.39, 0.29) is 5.75 Å². The summed E-state index contributed by atoms with van der Waals surface area (Å²) in [5, 5.41) is 0.539. The van der Waals surface area contributed by atoms with E-state index in [1.807, 2.05) is 0 Å². The van der Waals surface area contributed by atoms with Crippen molar-refractivity contribution in [3.8, 4) is 5.75 Å². The molecule has 0 unspecified atom stereocenters. The lowest BCUT2D eigenvalue weighted by molar-refractivity contribution is -0.598. The monoisotopic (exact) mass is 463 g/mol. The van der Waals surface area contributed by atoms with Gasteiger partial charge in [-0.1, -0.05) is 23.7 Å². The highest BCUT2D eigenvalue weighted by Gasteiger charge is 2.49. The minimum Gasteiger partial charge on any atom is -0.371 e. The average molecular weight is 464 g/mol. The molecule has 0 amide bonds. The maximum Gasteiger partial charge on any atom is 0.534 e. The molecule has 2 aromatic carbocycles. The van der Waals surface area contributed by atoms with Crippen LogP contribution in [0.2, 0.25) is 5.02 Å². The van der Waals surface area contributed by atoms with E-state index in [0.717, 1.165) is 3.57 Å². The van der Waals surface area contributed by atoms with Crippen molar-refractivity contribution in [2.24, 2.45) is 0 Å². The van der Waals surface area contributed by atoms with Gasteiger partial charge in [0.15, 0.2) is 9.32 Å².